The maximum atomic E-state index is 10.1. The van der Waals surface area contributed by atoms with Gasteiger partial charge in [0.25, 0.3) is 0 Å². The lowest BCUT2D eigenvalue weighted by molar-refractivity contribution is -0.105. The van der Waals surface area contributed by atoms with Crippen molar-refractivity contribution < 1.29 is 4.79 Å². The van der Waals surface area contributed by atoms with Gasteiger partial charge in [-0.2, -0.15) is 0 Å². The molecular formula is C8H9O. The fraction of sp³-hybridized carbons (Fsp3) is 0.250. The molecule has 0 aromatic rings. The van der Waals surface area contributed by atoms with Gasteiger partial charge in [-0.1, -0.05) is 6.92 Å². The Hall–Kier alpha value is -0.330. The molecule has 1 saturated carbocycles. The molecule has 1 rings (SSSR count). The molecule has 0 bridgehead atoms. The van der Waals surface area contributed by atoms with E-state index in [9.17, 15) is 4.79 Å². The highest BCUT2D eigenvalue weighted by molar-refractivity contribution is 5.79. The number of hydrogen-bond acceptors (Lipinski definition) is 1. The van der Waals surface area contributed by atoms with Crippen LogP contribution in [0.3, 0.4) is 0 Å². The number of carbonyl (C=O) groups is 1. The first-order valence-corrected chi connectivity index (χ1v) is 3.07. The molecule has 1 heteroatoms. The second-order valence-corrected chi connectivity index (χ2v) is 2.02. The number of carbonyl (C=O) groups excluding carboxylic acids is 1. The molecule has 9 heavy (non-hydrogen) atoms. The highest BCUT2D eigenvalue weighted by Crippen LogP contribution is 2.31. The van der Waals surface area contributed by atoms with Gasteiger partial charge in [0.1, 0.15) is 6.29 Å². The number of hydrogen-bond donors (Lipinski definition) is 0. The summed E-state index contributed by atoms with van der Waals surface area (Å²) in [7, 11) is 0. The van der Waals surface area contributed by atoms with Crippen molar-refractivity contribution in [1.82, 2.24) is 0 Å². The van der Waals surface area contributed by atoms with Crippen LogP contribution in [0.2, 0.25) is 0 Å². The zero-order valence-corrected chi connectivity index (χ0v) is 5.42. The highest BCUT2D eigenvalue weighted by atomic mass is 16.1. The maximum Gasteiger partial charge on any atom is 0.127 e. The molecule has 5 radical (unpaired) electrons. The normalized spacial score (nSPS) is 22.8. The van der Waals surface area contributed by atoms with E-state index >= 15 is 0 Å². The zero-order valence-electron chi connectivity index (χ0n) is 5.42. The molecule has 0 atom stereocenters. The first-order chi connectivity index (χ1) is 4.36. The standard InChI is InChI=1S/C8H9O/c1-2-7-3-4-8(5-7)6-9/h3-6H,2H2,1H3. The molecule has 0 N–H and O–H groups in total. The Balaban J connectivity index is 2.28. The third kappa shape index (κ3) is 1.54. The SMILES string of the molecule is CC[C]1[CH][CH][C](C=O)[CH]1. The monoisotopic (exact) mass is 121 g/mol. The van der Waals surface area contributed by atoms with Crippen molar-refractivity contribution in [2.45, 2.75) is 13.3 Å². The number of rotatable bonds is 2. The predicted molar refractivity (Wildman–Crippen MR) is 35.7 cm³/mol. The molecule has 0 spiro atoms. The van der Waals surface area contributed by atoms with Crippen LogP contribution < -0.4 is 0 Å². The van der Waals surface area contributed by atoms with Gasteiger partial charge in [0.2, 0.25) is 0 Å². The van der Waals surface area contributed by atoms with Gasteiger partial charge in [0.15, 0.2) is 0 Å². The van der Waals surface area contributed by atoms with Crippen LogP contribution in [0.15, 0.2) is 0 Å². The van der Waals surface area contributed by atoms with Crippen molar-refractivity contribution in [3.05, 3.63) is 31.1 Å². The summed E-state index contributed by atoms with van der Waals surface area (Å²) in [4.78, 5) is 10.1. The Morgan fingerprint density at radius 3 is 2.67 bits per heavy atom. The second-order valence-electron chi connectivity index (χ2n) is 2.02. The van der Waals surface area contributed by atoms with Crippen molar-refractivity contribution in [3.8, 4) is 0 Å². The van der Waals surface area contributed by atoms with Crippen molar-refractivity contribution in [2.24, 2.45) is 0 Å². The molecule has 1 aliphatic rings. The molecule has 0 aromatic heterocycles. The van der Waals surface area contributed by atoms with Gasteiger partial charge >= 0.3 is 0 Å². The van der Waals surface area contributed by atoms with Crippen LogP contribution in [0.4, 0.5) is 0 Å². The fourth-order valence-electron chi connectivity index (χ4n) is 0.807. The van der Waals surface area contributed by atoms with Crippen LogP contribution in [0, 0.1) is 31.1 Å². The number of aldehydes is 1. The molecule has 0 amide bonds. The van der Waals surface area contributed by atoms with E-state index in [1.54, 1.807) is 0 Å². The largest absolute Gasteiger partial charge is 0.303 e. The Bertz CT molecular complexity index is 98.7. The molecule has 1 fully saturated rings. The first-order valence-electron chi connectivity index (χ1n) is 3.07. The molecule has 0 saturated heterocycles. The lowest BCUT2D eigenvalue weighted by Crippen LogP contribution is -1.93. The molecule has 1 aliphatic carbocycles. The topological polar surface area (TPSA) is 17.1 Å². The van der Waals surface area contributed by atoms with Crippen LogP contribution in [0.5, 0.6) is 0 Å². The van der Waals surface area contributed by atoms with E-state index in [2.05, 4.69) is 6.92 Å². The Kier molecular flexibility index (Phi) is 2.26. The quantitative estimate of drug-likeness (QED) is 0.504. The Morgan fingerprint density at radius 2 is 2.33 bits per heavy atom. The summed E-state index contributed by atoms with van der Waals surface area (Å²) in [5.41, 5.74) is 0. The van der Waals surface area contributed by atoms with Gasteiger partial charge in [-0.3, -0.25) is 0 Å². The van der Waals surface area contributed by atoms with Crippen molar-refractivity contribution in [1.29, 1.82) is 0 Å². The molecule has 0 unspecified atom stereocenters. The molecule has 47 valence electrons. The molecule has 0 heterocycles. The minimum absolute atomic E-state index is 0.784. The van der Waals surface area contributed by atoms with Gasteiger partial charge < -0.3 is 4.79 Å². The summed E-state index contributed by atoms with van der Waals surface area (Å²) in [6, 6.07) is 0. The molecule has 1 nitrogen and oxygen atoms in total. The average Bonchev–Trinajstić information content (AvgIpc) is 2.34. The Morgan fingerprint density at radius 1 is 1.56 bits per heavy atom. The minimum Gasteiger partial charge on any atom is -0.303 e. The lowest BCUT2D eigenvalue weighted by Gasteiger charge is -1.99. The molecule has 0 aromatic carbocycles. The van der Waals surface area contributed by atoms with Gasteiger partial charge in [-0.15, -0.1) is 0 Å². The first kappa shape index (κ1) is 6.79. The van der Waals surface area contributed by atoms with E-state index in [1.165, 1.54) is 5.92 Å². The van der Waals surface area contributed by atoms with Crippen LogP contribution in [-0.4, -0.2) is 6.29 Å². The van der Waals surface area contributed by atoms with Crippen LogP contribution in [-0.2, 0) is 4.79 Å². The summed E-state index contributed by atoms with van der Waals surface area (Å²) in [6.45, 7) is 2.07. The summed E-state index contributed by atoms with van der Waals surface area (Å²) >= 11 is 0. The third-order valence-corrected chi connectivity index (χ3v) is 1.39. The van der Waals surface area contributed by atoms with Gasteiger partial charge in [-0.05, 0) is 31.6 Å². The van der Waals surface area contributed by atoms with E-state index in [4.69, 9.17) is 0 Å². The summed E-state index contributed by atoms with van der Waals surface area (Å²) < 4.78 is 0. The zero-order chi connectivity index (χ0) is 6.69. The van der Waals surface area contributed by atoms with E-state index in [0.29, 0.717) is 0 Å². The summed E-state index contributed by atoms with van der Waals surface area (Å²) in [6.07, 6.45) is 7.61. The Labute approximate surface area is 56.4 Å². The smallest absolute Gasteiger partial charge is 0.127 e. The van der Waals surface area contributed by atoms with E-state index in [1.807, 2.05) is 19.3 Å². The average molecular weight is 121 g/mol. The summed E-state index contributed by atoms with van der Waals surface area (Å²) in [5.74, 6) is 2.02. The highest BCUT2D eigenvalue weighted by Gasteiger charge is 2.24. The minimum atomic E-state index is 0.784. The fourth-order valence-corrected chi connectivity index (χ4v) is 0.807. The van der Waals surface area contributed by atoms with Crippen molar-refractivity contribution >= 4 is 6.29 Å². The molecular weight excluding hydrogens is 112 g/mol. The molecule has 0 aliphatic heterocycles. The van der Waals surface area contributed by atoms with Gasteiger partial charge in [0.05, 0.1) is 0 Å². The van der Waals surface area contributed by atoms with E-state index in [-0.39, 0.29) is 0 Å². The second kappa shape index (κ2) is 3.00. The van der Waals surface area contributed by atoms with E-state index in [0.717, 1.165) is 18.6 Å². The van der Waals surface area contributed by atoms with Gasteiger partial charge in [0, 0.05) is 5.92 Å². The lowest BCUT2D eigenvalue weighted by atomic mass is 10.0. The van der Waals surface area contributed by atoms with E-state index < -0.39 is 0 Å². The predicted octanol–water partition coefficient (Wildman–Crippen LogP) is 1.37. The third-order valence-electron chi connectivity index (χ3n) is 1.39. The maximum absolute atomic E-state index is 10.1. The summed E-state index contributed by atoms with van der Waals surface area (Å²) in [5, 5.41) is 0. The van der Waals surface area contributed by atoms with Crippen LogP contribution in [0.25, 0.3) is 0 Å². The van der Waals surface area contributed by atoms with Crippen LogP contribution >= 0.6 is 0 Å². The van der Waals surface area contributed by atoms with Crippen molar-refractivity contribution in [2.75, 3.05) is 0 Å². The van der Waals surface area contributed by atoms with Crippen molar-refractivity contribution in [3.63, 3.8) is 0 Å². The van der Waals surface area contributed by atoms with Crippen LogP contribution in [0.1, 0.15) is 13.3 Å². The van der Waals surface area contributed by atoms with Gasteiger partial charge in [-0.25, -0.2) is 0 Å².